The van der Waals surface area contributed by atoms with Gasteiger partial charge in [-0.3, -0.25) is 4.79 Å². The molecule has 1 aromatic rings. The second kappa shape index (κ2) is 9.99. The van der Waals surface area contributed by atoms with Crippen LogP contribution in [0, 0.1) is 5.92 Å². The van der Waals surface area contributed by atoms with E-state index < -0.39 is 0 Å². The van der Waals surface area contributed by atoms with Gasteiger partial charge in [-0.15, -0.1) is 0 Å². The Kier molecular flexibility index (Phi) is 7.96. The molecule has 0 saturated carbocycles. The van der Waals surface area contributed by atoms with Gasteiger partial charge in [-0.2, -0.15) is 11.8 Å². The van der Waals surface area contributed by atoms with E-state index in [-0.39, 0.29) is 0 Å². The summed E-state index contributed by atoms with van der Waals surface area (Å²) in [5.41, 5.74) is 1.32. The Hall–Kier alpha value is -1.00. The Balaban J connectivity index is 1.91. The van der Waals surface area contributed by atoms with Gasteiger partial charge in [0.25, 0.3) is 0 Å². The first kappa shape index (κ1) is 18.3. The summed E-state index contributed by atoms with van der Waals surface area (Å²) in [5, 5.41) is 0. The van der Waals surface area contributed by atoms with E-state index in [0.29, 0.717) is 18.2 Å². The van der Waals surface area contributed by atoms with Crippen molar-refractivity contribution in [3.63, 3.8) is 0 Å². The average Bonchev–Trinajstić information content (AvgIpc) is 2.57. The number of carbonyl (C=O) groups is 1. The molecule has 128 valence electrons. The topological polar surface area (TPSA) is 23.6 Å². The first-order valence-corrected chi connectivity index (χ1v) is 10.1. The van der Waals surface area contributed by atoms with Gasteiger partial charge < -0.3 is 9.80 Å². The third-order valence-electron chi connectivity index (χ3n) is 4.59. The van der Waals surface area contributed by atoms with Crippen LogP contribution in [0.15, 0.2) is 30.3 Å². The van der Waals surface area contributed by atoms with Gasteiger partial charge in [0.15, 0.2) is 0 Å². The second-order valence-electron chi connectivity index (χ2n) is 6.59. The fourth-order valence-corrected chi connectivity index (χ4v) is 3.69. The fourth-order valence-electron chi connectivity index (χ4n) is 3.31. The molecule has 3 nitrogen and oxygen atoms in total. The van der Waals surface area contributed by atoms with E-state index in [0.717, 1.165) is 31.8 Å². The summed E-state index contributed by atoms with van der Waals surface area (Å²) < 4.78 is 0. The highest BCUT2D eigenvalue weighted by Gasteiger charge is 2.22. The predicted molar refractivity (Wildman–Crippen MR) is 99.9 cm³/mol. The molecule has 2 rings (SSSR count). The number of carbonyl (C=O) groups excluding carboxylic acids is 1. The number of likely N-dealkylation sites (tertiary alicyclic amines) is 1. The van der Waals surface area contributed by atoms with Gasteiger partial charge in [-0.05, 0) is 50.6 Å². The number of hydrogen-bond donors (Lipinski definition) is 0. The van der Waals surface area contributed by atoms with E-state index in [2.05, 4.69) is 47.4 Å². The molecule has 1 aliphatic heterocycles. The number of nitrogens with zero attached hydrogens (tertiary/aromatic N) is 2. The Morgan fingerprint density at radius 1 is 1.35 bits per heavy atom. The molecular weight excluding hydrogens is 304 g/mol. The lowest BCUT2D eigenvalue weighted by Gasteiger charge is -2.34. The highest BCUT2D eigenvalue weighted by Crippen LogP contribution is 2.17. The summed E-state index contributed by atoms with van der Waals surface area (Å²) in [6.45, 7) is 4.08. The maximum atomic E-state index is 12.6. The molecule has 1 saturated heterocycles. The Morgan fingerprint density at radius 2 is 2.13 bits per heavy atom. The highest BCUT2D eigenvalue weighted by atomic mass is 32.2. The minimum Gasteiger partial charge on any atom is -0.342 e. The fraction of sp³-hybridized carbons (Fsp3) is 0.632. The lowest BCUT2D eigenvalue weighted by Crippen LogP contribution is -2.42. The highest BCUT2D eigenvalue weighted by molar-refractivity contribution is 7.98. The van der Waals surface area contributed by atoms with E-state index in [1.54, 1.807) is 11.8 Å². The number of hydrogen-bond acceptors (Lipinski definition) is 3. The summed E-state index contributed by atoms with van der Waals surface area (Å²) in [6.07, 6.45) is 6.19. The van der Waals surface area contributed by atoms with Gasteiger partial charge >= 0.3 is 0 Å². The van der Waals surface area contributed by atoms with Crippen LogP contribution in [-0.4, -0.2) is 60.9 Å². The van der Waals surface area contributed by atoms with Crippen LogP contribution < -0.4 is 0 Å². The zero-order valence-electron chi connectivity index (χ0n) is 14.5. The van der Waals surface area contributed by atoms with Crippen LogP contribution in [0.2, 0.25) is 0 Å². The SMILES string of the molecule is CSCCC(=O)N(CCc1ccccc1)CC1CCCN(C)C1. The van der Waals surface area contributed by atoms with Gasteiger partial charge in [-0.25, -0.2) is 0 Å². The van der Waals surface area contributed by atoms with Crippen LogP contribution in [0.3, 0.4) is 0 Å². The maximum absolute atomic E-state index is 12.6. The molecule has 1 unspecified atom stereocenters. The van der Waals surface area contributed by atoms with Crippen molar-refractivity contribution in [1.82, 2.24) is 9.80 Å². The molecule has 0 aliphatic carbocycles. The van der Waals surface area contributed by atoms with E-state index in [4.69, 9.17) is 0 Å². The third-order valence-corrected chi connectivity index (χ3v) is 5.20. The molecule has 1 aromatic carbocycles. The van der Waals surface area contributed by atoms with Gasteiger partial charge in [0.05, 0.1) is 0 Å². The van der Waals surface area contributed by atoms with Crippen molar-refractivity contribution < 1.29 is 4.79 Å². The molecule has 1 aliphatic rings. The molecule has 0 bridgehead atoms. The van der Waals surface area contributed by atoms with Gasteiger partial charge in [0.1, 0.15) is 0 Å². The number of benzene rings is 1. The van der Waals surface area contributed by atoms with Gasteiger partial charge in [0, 0.05) is 31.8 Å². The van der Waals surface area contributed by atoms with Crippen molar-refractivity contribution >= 4 is 17.7 Å². The predicted octanol–water partition coefficient (Wildman–Crippen LogP) is 3.15. The Labute approximate surface area is 145 Å². The number of thioether (sulfide) groups is 1. The molecule has 4 heteroatoms. The van der Waals surface area contributed by atoms with Crippen LogP contribution in [0.4, 0.5) is 0 Å². The molecule has 0 aromatic heterocycles. The zero-order chi connectivity index (χ0) is 16.5. The molecule has 1 atom stereocenters. The lowest BCUT2D eigenvalue weighted by molar-refractivity contribution is -0.131. The molecule has 0 spiro atoms. The van der Waals surface area contributed by atoms with Gasteiger partial charge in [-0.1, -0.05) is 30.3 Å². The molecule has 23 heavy (non-hydrogen) atoms. The lowest BCUT2D eigenvalue weighted by atomic mass is 9.97. The van der Waals surface area contributed by atoms with Crippen molar-refractivity contribution in [3.8, 4) is 0 Å². The summed E-state index contributed by atoms with van der Waals surface area (Å²) in [7, 11) is 2.19. The van der Waals surface area contributed by atoms with Crippen LogP contribution in [-0.2, 0) is 11.2 Å². The van der Waals surface area contributed by atoms with E-state index in [1.165, 1.54) is 24.9 Å². The van der Waals surface area contributed by atoms with Crippen molar-refractivity contribution in [2.45, 2.75) is 25.7 Å². The zero-order valence-corrected chi connectivity index (χ0v) is 15.4. The first-order chi connectivity index (χ1) is 11.2. The van der Waals surface area contributed by atoms with Crippen molar-refractivity contribution in [3.05, 3.63) is 35.9 Å². The summed E-state index contributed by atoms with van der Waals surface area (Å²) in [6, 6.07) is 10.5. The summed E-state index contributed by atoms with van der Waals surface area (Å²) in [5.74, 6) is 1.87. The molecular formula is C19H30N2OS. The quantitative estimate of drug-likeness (QED) is 0.730. The van der Waals surface area contributed by atoms with Crippen LogP contribution in [0.25, 0.3) is 0 Å². The van der Waals surface area contributed by atoms with Crippen molar-refractivity contribution in [2.24, 2.45) is 5.92 Å². The molecule has 0 radical (unpaired) electrons. The van der Waals surface area contributed by atoms with Crippen LogP contribution >= 0.6 is 11.8 Å². The summed E-state index contributed by atoms with van der Waals surface area (Å²) >= 11 is 1.75. The normalized spacial score (nSPS) is 18.8. The molecule has 1 amide bonds. The number of rotatable bonds is 8. The molecule has 0 N–H and O–H groups in total. The van der Waals surface area contributed by atoms with Crippen molar-refractivity contribution in [2.75, 3.05) is 45.2 Å². The van der Waals surface area contributed by atoms with Crippen LogP contribution in [0.1, 0.15) is 24.8 Å². The maximum Gasteiger partial charge on any atom is 0.223 e. The third kappa shape index (κ3) is 6.56. The Bertz CT molecular complexity index is 466. The minimum atomic E-state index is 0.323. The monoisotopic (exact) mass is 334 g/mol. The van der Waals surface area contributed by atoms with Crippen molar-refractivity contribution in [1.29, 1.82) is 0 Å². The number of amides is 1. The standard InChI is InChI=1S/C19H30N2OS/c1-20-12-6-9-18(15-20)16-21(19(22)11-14-23-2)13-10-17-7-4-3-5-8-17/h3-5,7-8,18H,6,9-16H2,1-2H3. The van der Waals surface area contributed by atoms with Crippen LogP contribution in [0.5, 0.6) is 0 Å². The number of piperidine rings is 1. The second-order valence-corrected chi connectivity index (χ2v) is 7.57. The first-order valence-electron chi connectivity index (χ1n) is 8.68. The van der Waals surface area contributed by atoms with E-state index >= 15 is 0 Å². The van der Waals surface area contributed by atoms with Gasteiger partial charge in [0.2, 0.25) is 5.91 Å². The minimum absolute atomic E-state index is 0.323. The molecule has 1 heterocycles. The largest absolute Gasteiger partial charge is 0.342 e. The summed E-state index contributed by atoms with van der Waals surface area (Å²) in [4.78, 5) is 17.1. The van der Waals surface area contributed by atoms with E-state index in [9.17, 15) is 4.79 Å². The van der Waals surface area contributed by atoms with E-state index in [1.807, 2.05) is 6.07 Å². The Morgan fingerprint density at radius 3 is 2.83 bits per heavy atom. The average molecular weight is 335 g/mol. The molecule has 1 fully saturated rings. The smallest absolute Gasteiger partial charge is 0.223 e.